The smallest absolute Gasteiger partial charge is 0.0728 e. The van der Waals surface area contributed by atoms with Gasteiger partial charge in [-0.05, 0) is 19.3 Å². The zero-order chi connectivity index (χ0) is 9.15. The third kappa shape index (κ3) is 1.84. The summed E-state index contributed by atoms with van der Waals surface area (Å²) in [6, 6.07) is 2.19. The van der Waals surface area contributed by atoms with Crippen LogP contribution in [0.2, 0.25) is 0 Å². The highest BCUT2D eigenvalue weighted by Crippen LogP contribution is 2.36. The summed E-state index contributed by atoms with van der Waals surface area (Å²) >= 11 is 0. The molecule has 0 amide bonds. The lowest BCUT2D eigenvalue weighted by Gasteiger charge is -2.47. The molecule has 0 aliphatic carbocycles. The van der Waals surface area contributed by atoms with Gasteiger partial charge in [0.15, 0.2) is 0 Å². The predicted octanol–water partition coefficient (Wildman–Crippen LogP) is 1.15. The molecule has 3 nitrogen and oxygen atoms in total. The zero-order valence-corrected chi connectivity index (χ0v) is 7.96. The van der Waals surface area contributed by atoms with E-state index in [0.29, 0.717) is 6.42 Å². The monoisotopic (exact) mass is 180 g/mol. The normalized spacial score (nSPS) is 26.7. The highest BCUT2D eigenvalue weighted by molar-refractivity contribution is 4.92. The van der Waals surface area contributed by atoms with Gasteiger partial charge in [0.25, 0.3) is 0 Å². The van der Waals surface area contributed by atoms with E-state index in [1.165, 1.54) is 19.3 Å². The minimum Gasteiger partial charge on any atom is -0.375 e. The van der Waals surface area contributed by atoms with E-state index >= 15 is 0 Å². The van der Waals surface area contributed by atoms with Crippen molar-refractivity contribution in [3.8, 4) is 6.07 Å². The van der Waals surface area contributed by atoms with Crippen LogP contribution < -0.4 is 0 Å². The van der Waals surface area contributed by atoms with Gasteiger partial charge in [-0.1, -0.05) is 0 Å². The molecule has 0 aromatic heterocycles. The van der Waals surface area contributed by atoms with Crippen molar-refractivity contribution >= 4 is 0 Å². The second-order valence-electron chi connectivity index (χ2n) is 4.03. The van der Waals surface area contributed by atoms with Crippen LogP contribution in [0.4, 0.5) is 0 Å². The molecule has 0 aromatic rings. The van der Waals surface area contributed by atoms with E-state index in [9.17, 15) is 0 Å². The quantitative estimate of drug-likeness (QED) is 0.639. The maximum atomic E-state index is 8.46. The molecule has 2 saturated heterocycles. The molecule has 0 unspecified atom stereocenters. The van der Waals surface area contributed by atoms with Crippen molar-refractivity contribution < 1.29 is 4.74 Å². The second-order valence-corrected chi connectivity index (χ2v) is 4.03. The summed E-state index contributed by atoms with van der Waals surface area (Å²) in [5.41, 5.74) is 0.253. The molecule has 72 valence electrons. The molecule has 2 fully saturated rings. The van der Waals surface area contributed by atoms with Crippen LogP contribution in [0.25, 0.3) is 0 Å². The van der Waals surface area contributed by atoms with Crippen molar-refractivity contribution in [2.24, 2.45) is 0 Å². The number of hydrogen-bond donors (Lipinski definition) is 0. The average Bonchev–Trinajstić information content (AvgIpc) is 2.13. The summed E-state index contributed by atoms with van der Waals surface area (Å²) < 4.78 is 5.62. The van der Waals surface area contributed by atoms with Crippen LogP contribution in [-0.4, -0.2) is 36.7 Å². The fraction of sp³-hybridized carbons (Fsp3) is 0.900. The molecular formula is C10H16N2O. The lowest BCUT2D eigenvalue weighted by molar-refractivity contribution is -0.172. The summed E-state index contributed by atoms with van der Waals surface area (Å²) in [4.78, 5) is 2.37. The average molecular weight is 180 g/mol. The van der Waals surface area contributed by atoms with Gasteiger partial charge < -0.3 is 9.64 Å². The van der Waals surface area contributed by atoms with E-state index in [4.69, 9.17) is 10.00 Å². The summed E-state index contributed by atoms with van der Waals surface area (Å²) in [6.07, 6.45) is 4.24. The Morgan fingerprint density at radius 2 is 2.00 bits per heavy atom. The molecule has 1 spiro atoms. The van der Waals surface area contributed by atoms with Crippen molar-refractivity contribution in [1.82, 2.24) is 4.90 Å². The molecule has 0 radical (unpaired) electrons. The SMILES string of the molecule is N#CCCN1CCC2(CCO2)CC1. The Labute approximate surface area is 79.3 Å². The topological polar surface area (TPSA) is 36.3 Å². The van der Waals surface area contributed by atoms with Crippen LogP contribution in [0.5, 0.6) is 0 Å². The minimum absolute atomic E-state index is 0.253. The van der Waals surface area contributed by atoms with Gasteiger partial charge in [-0.2, -0.15) is 5.26 Å². The maximum Gasteiger partial charge on any atom is 0.0728 e. The van der Waals surface area contributed by atoms with Crippen molar-refractivity contribution in [2.75, 3.05) is 26.2 Å². The standard InChI is InChI=1S/C10H16N2O/c11-5-1-6-12-7-2-10(3-8-12)4-9-13-10/h1-4,6-9H2. The Morgan fingerprint density at radius 3 is 2.46 bits per heavy atom. The largest absolute Gasteiger partial charge is 0.375 e. The van der Waals surface area contributed by atoms with Crippen LogP contribution >= 0.6 is 0 Å². The second kappa shape index (κ2) is 3.65. The first-order valence-corrected chi connectivity index (χ1v) is 5.08. The van der Waals surface area contributed by atoms with E-state index in [0.717, 1.165) is 26.2 Å². The number of likely N-dealkylation sites (tertiary alicyclic amines) is 1. The van der Waals surface area contributed by atoms with Gasteiger partial charge in [-0.3, -0.25) is 0 Å². The molecule has 0 N–H and O–H groups in total. The van der Waals surface area contributed by atoms with Crippen LogP contribution in [0.3, 0.4) is 0 Å². The highest BCUT2D eigenvalue weighted by Gasteiger charge is 2.40. The van der Waals surface area contributed by atoms with Crippen molar-refractivity contribution in [2.45, 2.75) is 31.3 Å². The summed E-state index contributed by atoms with van der Waals surface area (Å²) in [5.74, 6) is 0. The molecule has 0 aromatic carbocycles. The Balaban J connectivity index is 1.73. The Morgan fingerprint density at radius 1 is 1.31 bits per heavy atom. The number of piperidine rings is 1. The fourth-order valence-corrected chi connectivity index (χ4v) is 2.18. The number of ether oxygens (including phenoxy) is 1. The Bertz CT molecular complexity index is 207. The van der Waals surface area contributed by atoms with Gasteiger partial charge in [-0.15, -0.1) is 0 Å². The first-order chi connectivity index (χ1) is 6.35. The lowest BCUT2D eigenvalue weighted by Crippen LogP contribution is -2.52. The molecule has 13 heavy (non-hydrogen) atoms. The molecule has 0 atom stereocenters. The lowest BCUT2D eigenvalue weighted by atomic mass is 9.84. The minimum atomic E-state index is 0.253. The fourth-order valence-electron chi connectivity index (χ4n) is 2.18. The molecule has 3 heteroatoms. The van der Waals surface area contributed by atoms with E-state index in [-0.39, 0.29) is 5.60 Å². The van der Waals surface area contributed by atoms with Crippen molar-refractivity contribution in [3.05, 3.63) is 0 Å². The molecule has 0 saturated carbocycles. The summed E-state index contributed by atoms with van der Waals surface area (Å²) in [5, 5.41) is 8.46. The van der Waals surface area contributed by atoms with E-state index in [2.05, 4.69) is 11.0 Å². The van der Waals surface area contributed by atoms with Crippen LogP contribution in [0.15, 0.2) is 0 Å². The van der Waals surface area contributed by atoms with E-state index in [1.54, 1.807) is 0 Å². The van der Waals surface area contributed by atoms with Gasteiger partial charge in [0.05, 0.1) is 18.3 Å². The number of rotatable bonds is 2. The zero-order valence-electron chi connectivity index (χ0n) is 7.96. The van der Waals surface area contributed by atoms with E-state index in [1.807, 2.05) is 0 Å². The van der Waals surface area contributed by atoms with Gasteiger partial charge in [0, 0.05) is 26.1 Å². The van der Waals surface area contributed by atoms with Gasteiger partial charge in [0.1, 0.15) is 0 Å². The predicted molar refractivity (Wildman–Crippen MR) is 49.2 cm³/mol. The van der Waals surface area contributed by atoms with Crippen molar-refractivity contribution in [3.63, 3.8) is 0 Å². The molecular weight excluding hydrogens is 164 g/mol. The first-order valence-electron chi connectivity index (χ1n) is 5.08. The summed E-state index contributed by atoms with van der Waals surface area (Å²) in [7, 11) is 0. The molecule has 2 aliphatic heterocycles. The maximum absolute atomic E-state index is 8.46. The molecule has 2 heterocycles. The Hall–Kier alpha value is -0.590. The number of nitrogens with zero attached hydrogens (tertiary/aromatic N) is 2. The van der Waals surface area contributed by atoms with Crippen LogP contribution in [0, 0.1) is 11.3 Å². The highest BCUT2D eigenvalue weighted by atomic mass is 16.5. The van der Waals surface area contributed by atoms with Gasteiger partial charge >= 0.3 is 0 Å². The third-order valence-electron chi connectivity index (χ3n) is 3.27. The summed E-state index contributed by atoms with van der Waals surface area (Å²) in [6.45, 7) is 4.12. The number of nitriles is 1. The van der Waals surface area contributed by atoms with Gasteiger partial charge in [-0.25, -0.2) is 0 Å². The third-order valence-corrected chi connectivity index (χ3v) is 3.27. The number of hydrogen-bond acceptors (Lipinski definition) is 3. The molecule has 2 aliphatic rings. The molecule has 2 rings (SSSR count). The van der Waals surface area contributed by atoms with Crippen molar-refractivity contribution in [1.29, 1.82) is 5.26 Å². The van der Waals surface area contributed by atoms with Gasteiger partial charge in [0.2, 0.25) is 0 Å². The molecule has 0 bridgehead atoms. The van der Waals surface area contributed by atoms with Crippen LogP contribution in [0.1, 0.15) is 25.7 Å². The Kier molecular flexibility index (Phi) is 2.52. The van der Waals surface area contributed by atoms with Crippen LogP contribution in [-0.2, 0) is 4.74 Å². The van der Waals surface area contributed by atoms with E-state index < -0.39 is 0 Å². The first kappa shape index (κ1) is 8.98.